The van der Waals surface area contributed by atoms with Gasteiger partial charge in [-0.25, -0.2) is 4.79 Å². The fourth-order valence-electron chi connectivity index (χ4n) is 4.56. The van der Waals surface area contributed by atoms with Crippen LogP contribution in [-0.4, -0.2) is 48.5 Å². The van der Waals surface area contributed by atoms with E-state index in [2.05, 4.69) is 29.6 Å². The Kier molecular flexibility index (Phi) is 5.82. The normalized spacial score (nSPS) is 25.1. The van der Waals surface area contributed by atoms with Crippen molar-refractivity contribution in [1.29, 1.82) is 0 Å². The number of benzene rings is 2. The van der Waals surface area contributed by atoms with Crippen LogP contribution in [0.3, 0.4) is 0 Å². The molecule has 2 aliphatic rings. The molecule has 30 heavy (non-hydrogen) atoms. The highest BCUT2D eigenvalue weighted by atomic mass is 16.7. The Balaban J connectivity index is 1.43. The lowest BCUT2D eigenvalue weighted by atomic mass is 9.98. The summed E-state index contributed by atoms with van der Waals surface area (Å²) in [7, 11) is 0. The number of carbonyl (C=O) groups is 1. The first-order chi connectivity index (χ1) is 14.4. The predicted molar refractivity (Wildman–Crippen MR) is 113 cm³/mol. The van der Waals surface area contributed by atoms with E-state index >= 15 is 0 Å². The van der Waals surface area contributed by atoms with Crippen molar-refractivity contribution in [2.75, 3.05) is 13.2 Å². The van der Waals surface area contributed by atoms with Crippen LogP contribution in [0.1, 0.15) is 44.2 Å². The lowest BCUT2D eigenvalue weighted by molar-refractivity contribution is -0.243. The van der Waals surface area contributed by atoms with E-state index in [4.69, 9.17) is 14.2 Å². The standard InChI is InChI=1S/C24H29NO5/c1-15-22(12-16(13-26)30-24(2,3)29-15)25-23(27)28-14-21-19-10-6-4-8-17(19)18-9-5-7-11-20(18)21/h4-11,15-16,21-22,26H,12-14H2,1-3H3,(H,25,27). The molecule has 6 nitrogen and oxygen atoms in total. The largest absolute Gasteiger partial charge is 0.449 e. The quantitative estimate of drug-likeness (QED) is 0.800. The Labute approximate surface area is 177 Å². The van der Waals surface area contributed by atoms with Crippen LogP contribution in [0.5, 0.6) is 0 Å². The SMILES string of the molecule is CC1OC(C)(C)OC(CO)CC1NC(=O)OCC1c2ccccc2-c2ccccc21. The minimum atomic E-state index is -0.829. The Morgan fingerprint density at radius 2 is 1.70 bits per heavy atom. The molecule has 1 heterocycles. The molecule has 4 rings (SSSR count). The molecule has 1 fully saturated rings. The van der Waals surface area contributed by atoms with Gasteiger partial charge in [-0.2, -0.15) is 0 Å². The zero-order valence-corrected chi connectivity index (χ0v) is 17.6. The van der Waals surface area contributed by atoms with Crippen LogP contribution in [0.4, 0.5) is 4.79 Å². The Hall–Kier alpha value is -2.41. The van der Waals surface area contributed by atoms with Gasteiger partial charge in [-0.3, -0.25) is 0 Å². The number of carbonyl (C=O) groups excluding carboxylic acids is 1. The molecule has 1 amide bonds. The van der Waals surface area contributed by atoms with Crippen LogP contribution in [0.15, 0.2) is 48.5 Å². The molecular weight excluding hydrogens is 382 g/mol. The van der Waals surface area contributed by atoms with Gasteiger partial charge in [0.1, 0.15) is 6.61 Å². The van der Waals surface area contributed by atoms with E-state index in [0.717, 1.165) is 0 Å². The molecule has 0 spiro atoms. The van der Waals surface area contributed by atoms with Gasteiger partial charge in [0.25, 0.3) is 0 Å². The van der Waals surface area contributed by atoms with Crippen molar-refractivity contribution in [3.8, 4) is 11.1 Å². The van der Waals surface area contributed by atoms with E-state index in [9.17, 15) is 9.90 Å². The summed E-state index contributed by atoms with van der Waals surface area (Å²) in [4.78, 5) is 12.6. The Morgan fingerprint density at radius 1 is 1.10 bits per heavy atom. The lowest BCUT2D eigenvalue weighted by Gasteiger charge is -2.29. The summed E-state index contributed by atoms with van der Waals surface area (Å²) in [6.07, 6.45) is -0.736. The minimum absolute atomic E-state index is 0.0124. The molecule has 3 unspecified atom stereocenters. The average molecular weight is 411 g/mol. The van der Waals surface area contributed by atoms with Crippen LogP contribution in [0.2, 0.25) is 0 Å². The highest BCUT2D eigenvalue weighted by Gasteiger charge is 2.37. The molecule has 0 bridgehead atoms. The number of fused-ring (bicyclic) bond motifs is 3. The third-order valence-electron chi connectivity index (χ3n) is 5.85. The molecule has 1 aliphatic carbocycles. The summed E-state index contributed by atoms with van der Waals surface area (Å²) >= 11 is 0. The molecule has 3 atom stereocenters. The fourth-order valence-corrected chi connectivity index (χ4v) is 4.56. The number of hydrogen-bond donors (Lipinski definition) is 2. The van der Waals surface area contributed by atoms with Gasteiger partial charge in [-0.05, 0) is 49.4 Å². The zero-order chi connectivity index (χ0) is 21.3. The number of rotatable bonds is 4. The van der Waals surface area contributed by atoms with Crippen LogP contribution in [0, 0.1) is 0 Å². The minimum Gasteiger partial charge on any atom is -0.449 e. The van der Waals surface area contributed by atoms with Crippen LogP contribution >= 0.6 is 0 Å². The molecule has 2 aromatic carbocycles. The van der Waals surface area contributed by atoms with E-state index in [1.165, 1.54) is 22.3 Å². The van der Waals surface area contributed by atoms with Crippen molar-refractivity contribution in [3.63, 3.8) is 0 Å². The van der Waals surface area contributed by atoms with Crippen molar-refractivity contribution in [2.45, 2.75) is 57.1 Å². The molecule has 6 heteroatoms. The fraction of sp³-hybridized carbons (Fsp3) is 0.458. The van der Waals surface area contributed by atoms with Crippen LogP contribution in [0.25, 0.3) is 11.1 Å². The molecule has 0 aromatic heterocycles. The summed E-state index contributed by atoms with van der Waals surface area (Å²) in [5.74, 6) is -0.817. The maximum Gasteiger partial charge on any atom is 0.407 e. The molecular formula is C24H29NO5. The molecule has 2 aromatic rings. The second kappa shape index (κ2) is 8.38. The molecule has 2 N–H and O–H groups in total. The van der Waals surface area contributed by atoms with Gasteiger partial charge in [-0.15, -0.1) is 0 Å². The van der Waals surface area contributed by atoms with E-state index in [1.54, 1.807) is 0 Å². The van der Waals surface area contributed by atoms with Crippen molar-refractivity contribution < 1.29 is 24.1 Å². The van der Waals surface area contributed by atoms with E-state index in [0.29, 0.717) is 6.42 Å². The second-order valence-corrected chi connectivity index (χ2v) is 8.46. The number of nitrogens with one attached hydrogen (secondary N) is 1. The third kappa shape index (κ3) is 4.21. The summed E-state index contributed by atoms with van der Waals surface area (Å²) in [6.45, 7) is 5.62. The first-order valence-corrected chi connectivity index (χ1v) is 10.5. The average Bonchev–Trinajstić information content (AvgIpc) is 2.98. The molecule has 0 radical (unpaired) electrons. The number of alkyl carbamates (subject to hydrolysis) is 1. The Morgan fingerprint density at radius 3 is 2.30 bits per heavy atom. The monoisotopic (exact) mass is 411 g/mol. The summed E-state index contributed by atoms with van der Waals surface area (Å²) in [5, 5.41) is 12.5. The van der Waals surface area contributed by atoms with Crippen molar-refractivity contribution in [3.05, 3.63) is 59.7 Å². The first-order valence-electron chi connectivity index (χ1n) is 10.5. The van der Waals surface area contributed by atoms with Gasteiger partial charge >= 0.3 is 6.09 Å². The number of hydrogen-bond acceptors (Lipinski definition) is 5. The van der Waals surface area contributed by atoms with Crippen LogP contribution in [-0.2, 0) is 14.2 Å². The first kappa shape index (κ1) is 20.8. The molecule has 1 saturated heterocycles. The van der Waals surface area contributed by atoms with E-state index in [-0.39, 0.29) is 31.3 Å². The van der Waals surface area contributed by atoms with E-state index in [1.807, 2.05) is 45.0 Å². The summed E-state index contributed by atoms with van der Waals surface area (Å²) in [6, 6.07) is 16.2. The van der Waals surface area contributed by atoms with Gasteiger partial charge in [0.15, 0.2) is 5.79 Å². The maximum atomic E-state index is 12.6. The summed E-state index contributed by atoms with van der Waals surface area (Å²) < 4.78 is 17.3. The highest BCUT2D eigenvalue weighted by molar-refractivity contribution is 5.79. The highest BCUT2D eigenvalue weighted by Crippen LogP contribution is 2.44. The number of ether oxygens (including phenoxy) is 3. The Bertz CT molecular complexity index is 866. The van der Waals surface area contributed by atoms with Gasteiger partial charge < -0.3 is 24.6 Å². The second-order valence-electron chi connectivity index (χ2n) is 8.46. The molecule has 160 valence electrons. The predicted octanol–water partition coefficient (Wildman–Crippen LogP) is 3.82. The van der Waals surface area contributed by atoms with Gasteiger partial charge in [0.05, 0.1) is 24.9 Å². The summed E-state index contributed by atoms with van der Waals surface area (Å²) in [5.41, 5.74) is 4.73. The van der Waals surface area contributed by atoms with Gasteiger partial charge in [0.2, 0.25) is 0 Å². The topological polar surface area (TPSA) is 77.0 Å². The third-order valence-corrected chi connectivity index (χ3v) is 5.85. The van der Waals surface area contributed by atoms with Crippen molar-refractivity contribution in [1.82, 2.24) is 5.32 Å². The van der Waals surface area contributed by atoms with Gasteiger partial charge in [-0.1, -0.05) is 48.5 Å². The maximum absolute atomic E-state index is 12.6. The number of aliphatic hydroxyl groups is 1. The zero-order valence-electron chi connectivity index (χ0n) is 17.6. The van der Waals surface area contributed by atoms with E-state index < -0.39 is 18.0 Å². The number of aliphatic hydroxyl groups excluding tert-OH is 1. The number of amides is 1. The van der Waals surface area contributed by atoms with Crippen molar-refractivity contribution >= 4 is 6.09 Å². The van der Waals surface area contributed by atoms with Crippen molar-refractivity contribution in [2.24, 2.45) is 0 Å². The lowest BCUT2D eigenvalue weighted by Crippen LogP contribution is -2.45. The molecule has 0 saturated carbocycles. The smallest absolute Gasteiger partial charge is 0.407 e. The van der Waals surface area contributed by atoms with Gasteiger partial charge in [0, 0.05) is 5.92 Å². The van der Waals surface area contributed by atoms with Crippen LogP contribution < -0.4 is 5.32 Å². The molecule has 1 aliphatic heterocycles.